The summed E-state index contributed by atoms with van der Waals surface area (Å²) in [5.41, 5.74) is 5.49. The third kappa shape index (κ3) is 3.82. The van der Waals surface area contributed by atoms with Gasteiger partial charge in [-0.2, -0.15) is 0 Å². The largest absolute Gasteiger partial charge is 0.370 e. The molecule has 0 aromatic carbocycles. The van der Waals surface area contributed by atoms with Crippen LogP contribution in [0, 0.1) is 0 Å². The van der Waals surface area contributed by atoms with Crippen molar-refractivity contribution >= 4 is 5.96 Å². The molecule has 0 spiro atoms. The molecule has 0 heterocycles. The van der Waals surface area contributed by atoms with Gasteiger partial charge in [-0.15, -0.1) is 0 Å². The summed E-state index contributed by atoms with van der Waals surface area (Å²) in [5.74, 6) is 0.588. The molecular weight excluding hydrogens is 114 g/mol. The van der Waals surface area contributed by atoms with Gasteiger partial charge >= 0.3 is 0 Å². The Balaban J connectivity index is 3.84. The van der Waals surface area contributed by atoms with Crippen LogP contribution in [0.15, 0.2) is 4.99 Å². The Hall–Kier alpha value is -0.730. The van der Waals surface area contributed by atoms with Crippen molar-refractivity contribution in [3.05, 3.63) is 0 Å². The zero-order valence-electron chi connectivity index (χ0n) is 6.55. The molecule has 0 atom stereocenters. The Morgan fingerprint density at radius 3 is 2.00 bits per heavy atom. The van der Waals surface area contributed by atoms with E-state index in [2.05, 4.69) is 4.99 Å². The second kappa shape index (κ2) is 3.33. The van der Waals surface area contributed by atoms with Gasteiger partial charge < -0.3 is 10.6 Å². The summed E-state index contributed by atoms with van der Waals surface area (Å²) in [6.07, 6.45) is 0. The van der Waals surface area contributed by atoms with Crippen molar-refractivity contribution in [1.82, 2.24) is 4.90 Å². The SMILES string of the molecule is CC(C)N=C(N)N(C)C. The van der Waals surface area contributed by atoms with Gasteiger partial charge in [-0.3, -0.25) is 4.99 Å². The minimum absolute atomic E-state index is 0.285. The second-order valence-corrected chi connectivity index (χ2v) is 2.48. The van der Waals surface area contributed by atoms with Gasteiger partial charge in [0.05, 0.1) is 0 Å². The maximum absolute atomic E-state index is 5.49. The maximum atomic E-state index is 5.49. The molecule has 0 saturated carbocycles. The van der Waals surface area contributed by atoms with E-state index in [9.17, 15) is 0 Å². The van der Waals surface area contributed by atoms with Crippen LogP contribution in [0.3, 0.4) is 0 Å². The lowest BCUT2D eigenvalue weighted by Gasteiger charge is -2.11. The lowest BCUT2D eigenvalue weighted by molar-refractivity contribution is 0.602. The highest BCUT2D eigenvalue weighted by molar-refractivity contribution is 5.77. The molecule has 0 radical (unpaired) electrons. The highest BCUT2D eigenvalue weighted by Gasteiger charge is 1.93. The minimum Gasteiger partial charge on any atom is -0.370 e. The predicted octanol–water partition coefficient (Wildman–Crippen LogP) is 0.271. The predicted molar refractivity (Wildman–Crippen MR) is 40.4 cm³/mol. The number of nitrogens with zero attached hydrogens (tertiary/aromatic N) is 2. The van der Waals surface area contributed by atoms with E-state index in [1.807, 2.05) is 27.9 Å². The van der Waals surface area contributed by atoms with Gasteiger partial charge in [0.2, 0.25) is 0 Å². The highest BCUT2D eigenvalue weighted by Crippen LogP contribution is 1.85. The van der Waals surface area contributed by atoms with E-state index in [4.69, 9.17) is 5.73 Å². The molecule has 0 amide bonds. The quantitative estimate of drug-likeness (QED) is 0.408. The Bertz CT molecular complexity index is 105. The average Bonchev–Trinajstić information content (AvgIpc) is 1.63. The summed E-state index contributed by atoms with van der Waals surface area (Å²) >= 11 is 0. The summed E-state index contributed by atoms with van der Waals surface area (Å²) < 4.78 is 0. The van der Waals surface area contributed by atoms with Crippen molar-refractivity contribution in [2.24, 2.45) is 10.7 Å². The lowest BCUT2D eigenvalue weighted by atomic mass is 10.4. The van der Waals surface area contributed by atoms with Crippen molar-refractivity contribution in [3.63, 3.8) is 0 Å². The fraction of sp³-hybridized carbons (Fsp3) is 0.833. The summed E-state index contributed by atoms with van der Waals surface area (Å²) in [4.78, 5) is 5.89. The van der Waals surface area contributed by atoms with Crippen LogP contribution in [0.4, 0.5) is 0 Å². The summed E-state index contributed by atoms with van der Waals surface area (Å²) in [6.45, 7) is 3.99. The van der Waals surface area contributed by atoms with Gasteiger partial charge in [-0.1, -0.05) is 0 Å². The molecular formula is C6H15N3. The minimum atomic E-state index is 0.285. The van der Waals surface area contributed by atoms with E-state index in [0.717, 1.165) is 0 Å². The molecule has 0 aliphatic rings. The maximum Gasteiger partial charge on any atom is 0.190 e. The zero-order valence-corrected chi connectivity index (χ0v) is 6.55. The number of aliphatic imine (C=N–C) groups is 1. The third-order valence-electron chi connectivity index (χ3n) is 0.849. The Morgan fingerprint density at radius 1 is 1.44 bits per heavy atom. The molecule has 0 unspecified atom stereocenters. The molecule has 3 heteroatoms. The molecule has 3 nitrogen and oxygen atoms in total. The number of rotatable bonds is 1. The Kier molecular flexibility index (Phi) is 3.06. The molecule has 0 rings (SSSR count). The average molecular weight is 129 g/mol. The van der Waals surface area contributed by atoms with E-state index >= 15 is 0 Å². The van der Waals surface area contributed by atoms with Gasteiger partial charge in [0.1, 0.15) is 0 Å². The molecule has 0 bridgehead atoms. The fourth-order valence-corrected chi connectivity index (χ4v) is 0.380. The Labute approximate surface area is 56.6 Å². The van der Waals surface area contributed by atoms with Crippen LogP contribution in [0.1, 0.15) is 13.8 Å². The first-order chi connectivity index (χ1) is 4.04. The normalized spacial score (nSPS) is 12.3. The number of hydrogen-bond acceptors (Lipinski definition) is 1. The van der Waals surface area contributed by atoms with Crippen molar-refractivity contribution in [1.29, 1.82) is 0 Å². The lowest BCUT2D eigenvalue weighted by Crippen LogP contribution is -2.31. The number of nitrogens with two attached hydrogens (primary N) is 1. The fourth-order valence-electron chi connectivity index (χ4n) is 0.380. The zero-order chi connectivity index (χ0) is 7.44. The molecule has 0 aromatic heterocycles. The Morgan fingerprint density at radius 2 is 1.89 bits per heavy atom. The van der Waals surface area contributed by atoms with Crippen LogP contribution in [0.5, 0.6) is 0 Å². The standard InChI is InChI=1S/C6H15N3/c1-5(2)8-6(7)9(3)4/h5H,1-4H3,(H2,7,8). The molecule has 9 heavy (non-hydrogen) atoms. The molecule has 54 valence electrons. The van der Waals surface area contributed by atoms with E-state index < -0.39 is 0 Å². The summed E-state index contributed by atoms with van der Waals surface area (Å²) in [7, 11) is 3.75. The smallest absolute Gasteiger partial charge is 0.190 e. The first-order valence-corrected chi connectivity index (χ1v) is 3.04. The molecule has 0 aliphatic carbocycles. The number of guanidine groups is 1. The monoisotopic (exact) mass is 129 g/mol. The van der Waals surface area contributed by atoms with Gasteiger partial charge in [-0.05, 0) is 13.8 Å². The van der Waals surface area contributed by atoms with Gasteiger partial charge in [-0.25, -0.2) is 0 Å². The first-order valence-electron chi connectivity index (χ1n) is 3.04. The van der Waals surface area contributed by atoms with Crippen molar-refractivity contribution in [3.8, 4) is 0 Å². The van der Waals surface area contributed by atoms with Crippen molar-refractivity contribution in [2.75, 3.05) is 14.1 Å². The van der Waals surface area contributed by atoms with Gasteiger partial charge in [0.25, 0.3) is 0 Å². The van der Waals surface area contributed by atoms with Crippen LogP contribution in [-0.4, -0.2) is 31.0 Å². The van der Waals surface area contributed by atoms with Crippen LogP contribution in [0.2, 0.25) is 0 Å². The van der Waals surface area contributed by atoms with Crippen LogP contribution >= 0.6 is 0 Å². The van der Waals surface area contributed by atoms with Crippen molar-refractivity contribution < 1.29 is 0 Å². The highest BCUT2D eigenvalue weighted by atomic mass is 15.2. The molecule has 0 aromatic rings. The molecule has 0 aliphatic heterocycles. The van der Waals surface area contributed by atoms with Crippen LogP contribution in [-0.2, 0) is 0 Å². The second-order valence-electron chi connectivity index (χ2n) is 2.48. The topological polar surface area (TPSA) is 41.6 Å². The van der Waals surface area contributed by atoms with Crippen LogP contribution < -0.4 is 5.73 Å². The van der Waals surface area contributed by atoms with Gasteiger partial charge in [0.15, 0.2) is 5.96 Å². The third-order valence-corrected chi connectivity index (χ3v) is 0.849. The van der Waals surface area contributed by atoms with E-state index in [1.165, 1.54) is 0 Å². The molecule has 0 fully saturated rings. The van der Waals surface area contributed by atoms with E-state index in [0.29, 0.717) is 5.96 Å². The first kappa shape index (κ1) is 8.27. The van der Waals surface area contributed by atoms with E-state index in [-0.39, 0.29) is 6.04 Å². The van der Waals surface area contributed by atoms with Crippen LogP contribution in [0.25, 0.3) is 0 Å². The summed E-state index contributed by atoms with van der Waals surface area (Å²) in [5, 5.41) is 0. The molecule has 2 N–H and O–H groups in total. The van der Waals surface area contributed by atoms with Crippen molar-refractivity contribution in [2.45, 2.75) is 19.9 Å². The van der Waals surface area contributed by atoms with Gasteiger partial charge in [0, 0.05) is 20.1 Å². The van der Waals surface area contributed by atoms with E-state index in [1.54, 1.807) is 4.90 Å². The molecule has 0 saturated heterocycles. The number of hydrogen-bond donors (Lipinski definition) is 1. The summed E-state index contributed by atoms with van der Waals surface area (Å²) in [6, 6.07) is 0.285.